The van der Waals surface area contributed by atoms with Gasteiger partial charge in [0.15, 0.2) is 0 Å². The fourth-order valence-corrected chi connectivity index (χ4v) is 3.01. The van der Waals surface area contributed by atoms with E-state index in [0.29, 0.717) is 6.54 Å². The van der Waals surface area contributed by atoms with E-state index in [1.54, 1.807) is 7.11 Å². The van der Waals surface area contributed by atoms with Crippen LogP contribution in [-0.2, 0) is 8.85 Å². The van der Waals surface area contributed by atoms with Crippen LogP contribution in [0.25, 0.3) is 0 Å². The van der Waals surface area contributed by atoms with Gasteiger partial charge < -0.3 is 14.6 Å². The maximum Gasteiger partial charge on any atom is 0.334 e. The molecule has 3 nitrogen and oxygen atoms in total. The maximum absolute atomic E-state index is 5.70. The standard InChI is InChI=1S/C8H21NO2Si/c1-4-8-12(3,10-2)11-7-5-6-9/h4-9H2,1-3H3. The Labute approximate surface area is 76.5 Å². The Morgan fingerprint density at radius 1 is 1.42 bits per heavy atom. The van der Waals surface area contributed by atoms with E-state index in [0.717, 1.165) is 25.5 Å². The van der Waals surface area contributed by atoms with E-state index in [1.165, 1.54) is 0 Å². The second-order valence-electron chi connectivity index (χ2n) is 3.08. The highest BCUT2D eigenvalue weighted by Gasteiger charge is 2.28. The van der Waals surface area contributed by atoms with Crippen molar-refractivity contribution in [3.8, 4) is 0 Å². The number of hydrogen-bond acceptors (Lipinski definition) is 3. The van der Waals surface area contributed by atoms with Crippen molar-refractivity contribution in [3.05, 3.63) is 0 Å². The van der Waals surface area contributed by atoms with Gasteiger partial charge >= 0.3 is 8.56 Å². The van der Waals surface area contributed by atoms with E-state index in [-0.39, 0.29) is 0 Å². The van der Waals surface area contributed by atoms with Crippen LogP contribution in [0.5, 0.6) is 0 Å². The first kappa shape index (κ1) is 12.1. The van der Waals surface area contributed by atoms with Crippen molar-refractivity contribution in [2.45, 2.75) is 32.4 Å². The van der Waals surface area contributed by atoms with Gasteiger partial charge in [0, 0.05) is 13.7 Å². The smallest absolute Gasteiger partial charge is 0.334 e. The average Bonchev–Trinajstić information content (AvgIpc) is 2.06. The molecule has 0 spiro atoms. The SMILES string of the molecule is CCC[Si](C)(OC)OCCCN. The molecule has 0 radical (unpaired) electrons. The van der Waals surface area contributed by atoms with Crippen LogP contribution in [0.2, 0.25) is 12.6 Å². The number of hydrogen-bond donors (Lipinski definition) is 1. The molecule has 1 unspecified atom stereocenters. The van der Waals surface area contributed by atoms with E-state index >= 15 is 0 Å². The lowest BCUT2D eigenvalue weighted by Gasteiger charge is -2.24. The van der Waals surface area contributed by atoms with Crippen molar-refractivity contribution in [2.75, 3.05) is 20.3 Å². The lowest BCUT2D eigenvalue weighted by molar-refractivity contribution is 0.203. The quantitative estimate of drug-likeness (QED) is 0.490. The van der Waals surface area contributed by atoms with Crippen LogP contribution in [0.1, 0.15) is 19.8 Å². The third kappa shape index (κ3) is 4.87. The van der Waals surface area contributed by atoms with Crippen molar-refractivity contribution in [1.82, 2.24) is 0 Å². The summed E-state index contributed by atoms with van der Waals surface area (Å²) in [4.78, 5) is 0. The van der Waals surface area contributed by atoms with E-state index in [4.69, 9.17) is 14.6 Å². The molecule has 4 heteroatoms. The largest absolute Gasteiger partial charge is 0.398 e. The molecule has 0 aliphatic carbocycles. The molecule has 0 heterocycles. The fourth-order valence-electron chi connectivity index (χ4n) is 1.06. The molecule has 2 N–H and O–H groups in total. The monoisotopic (exact) mass is 191 g/mol. The highest BCUT2D eigenvalue weighted by molar-refractivity contribution is 6.65. The molecule has 0 aliphatic heterocycles. The summed E-state index contributed by atoms with van der Waals surface area (Å²) in [5.74, 6) is 0. The van der Waals surface area contributed by atoms with Crippen LogP contribution in [0, 0.1) is 0 Å². The summed E-state index contributed by atoms with van der Waals surface area (Å²) in [6.45, 7) is 5.69. The molecule has 0 rings (SSSR count). The summed E-state index contributed by atoms with van der Waals surface area (Å²) in [7, 11) is -0.0758. The molecule has 0 saturated carbocycles. The summed E-state index contributed by atoms with van der Waals surface area (Å²) in [5, 5.41) is 0. The fraction of sp³-hybridized carbons (Fsp3) is 1.00. The summed E-state index contributed by atoms with van der Waals surface area (Å²) in [6, 6.07) is 1.06. The third-order valence-corrected chi connectivity index (χ3v) is 4.98. The van der Waals surface area contributed by atoms with Gasteiger partial charge in [-0.25, -0.2) is 0 Å². The van der Waals surface area contributed by atoms with Crippen molar-refractivity contribution in [1.29, 1.82) is 0 Å². The molecular formula is C8H21NO2Si. The van der Waals surface area contributed by atoms with Gasteiger partial charge in [0.2, 0.25) is 0 Å². The second-order valence-corrected chi connectivity index (χ2v) is 6.54. The highest BCUT2D eigenvalue weighted by Crippen LogP contribution is 2.14. The summed E-state index contributed by atoms with van der Waals surface area (Å²) < 4.78 is 11.1. The first-order valence-electron chi connectivity index (χ1n) is 4.57. The van der Waals surface area contributed by atoms with Gasteiger partial charge in [-0.15, -0.1) is 0 Å². The molecule has 0 saturated heterocycles. The zero-order valence-electron chi connectivity index (χ0n) is 8.43. The van der Waals surface area contributed by atoms with E-state index in [2.05, 4.69) is 13.5 Å². The van der Waals surface area contributed by atoms with Gasteiger partial charge in [0.1, 0.15) is 0 Å². The Morgan fingerprint density at radius 3 is 2.50 bits per heavy atom. The molecule has 0 aromatic carbocycles. The Kier molecular flexibility index (Phi) is 6.65. The van der Waals surface area contributed by atoms with Crippen molar-refractivity contribution in [3.63, 3.8) is 0 Å². The Morgan fingerprint density at radius 2 is 2.08 bits per heavy atom. The highest BCUT2D eigenvalue weighted by atomic mass is 28.4. The predicted octanol–water partition coefficient (Wildman–Crippen LogP) is 1.48. The van der Waals surface area contributed by atoms with Gasteiger partial charge in [0.05, 0.1) is 0 Å². The number of nitrogens with two attached hydrogens (primary N) is 1. The zero-order chi connectivity index (χ0) is 9.45. The van der Waals surface area contributed by atoms with Crippen LogP contribution < -0.4 is 5.73 Å². The number of rotatable bonds is 7. The van der Waals surface area contributed by atoms with Crippen molar-refractivity contribution in [2.24, 2.45) is 5.73 Å². The molecule has 0 amide bonds. The molecule has 74 valence electrons. The predicted molar refractivity (Wildman–Crippen MR) is 53.3 cm³/mol. The topological polar surface area (TPSA) is 44.5 Å². The zero-order valence-corrected chi connectivity index (χ0v) is 9.43. The van der Waals surface area contributed by atoms with Crippen LogP contribution in [0.4, 0.5) is 0 Å². The van der Waals surface area contributed by atoms with Gasteiger partial charge in [-0.1, -0.05) is 13.3 Å². The van der Waals surface area contributed by atoms with Gasteiger partial charge in [0.25, 0.3) is 0 Å². The van der Waals surface area contributed by atoms with Crippen molar-refractivity contribution < 1.29 is 8.85 Å². The van der Waals surface area contributed by atoms with E-state index in [1.807, 2.05) is 0 Å². The minimum absolute atomic E-state index is 0.695. The normalized spacial score (nSPS) is 16.0. The summed E-state index contributed by atoms with van der Waals surface area (Å²) in [5.41, 5.74) is 5.37. The first-order valence-corrected chi connectivity index (χ1v) is 7.10. The van der Waals surface area contributed by atoms with Crippen LogP contribution in [0.3, 0.4) is 0 Å². The van der Waals surface area contributed by atoms with Crippen LogP contribution in [0.15, 0.2) is 0 Å². The van der Waals surface area contributed by atoms with Gasteiger partial charge in [-0.2, -0.15) is 0 Å². The van der Waals surface area contributed by atoms with E-state index < -0.39 is 8.56 Å². The van der Waals surface area contributed by atoms with Crippen molar-refractivity contribution >= 4 is 8.56 Å². The second kappa shape index (κ2) is 6.60. The third-order valence-electron chi connectivity index (χ3n) is 1.89. The first-order chi connectivity index (χ1) is 5.68. The summed E-state index contributed by atoms with van der Waals surface area (Å²) >= 11 is 0. The van der Waals surface area contributed by atoms with Gasteiger partial charge in [-0.05, 0) is 25.6 Å². The summed E-state index contributed by atoms with van der Waals surface area (Å²) in [6.07, 6.45) is 2.05. The van der Waals surface area contributed by atoms with E-state index in [9.17, 15) is 0 Å². The molecule has 0 bridgehead atoms. The average molecular weight is 191 g/mol. The molecule has 0 aliphatic rings. The molecule has 0 fully saturated rings. The van der Waals surface area contributed by atoms with Gasteiger partial charge in [-0.3, -0.25) is 0 Å². The lowest BCUT2D eigenvalue weighted by atomic mass is 10.5. The molecule has 0 aromatic rings. The Balaban J connectivity index is 3.63. The molecule has 0 aromatic heterocycles. The van der Waals surface area contributed by atoms with Crippen LogP contribution >= 0.6 is 0 Å². The maximum atomic E-state index is 5.70. The Bertz CT molecular complexity index is 113. The Hall–Kier alpha value is 0.0969. The molecular weight excluding hydrogens is 170 g/mol. The molecule has 1 atom stereocenters. The molecule has 12 heavy (non-hydrogen) atoms. The lowest BCUT2D eigenvalue weighted by Crippen LogP contribution is -2.37. The van der Waals surface area contributed by atoms with Crippen LogP contribution in [-0.4, -0.2) is 28.8 Å². The minimum atomic E-state index is -1.82. The minimum Gasteiger partial charge on any atom is -0.398 e.